The third-order valence-corrected chi connectivity index (χ3v) is 5.55. The lowest BCUT2D eigenvalue weighted by molar-refractivity contribution is -0.131. The Bertz CT molecular complexity index is 1160. The molecular weight excluding hydrogens is 381 g/mol. The van der Waals surface area contributed by atoms with Gasteiger partial charge in [0.25, 0.3) is 0 Å². The molecule has 0 spiro atoms. The summed E-state index contributed by atoms with van der Waals surface area (Å²) in [5.74, 6) is -0.480. The molecule has 1 amide bonds. The summed E-state index contributed by atoms with van der Waals surface area (Å²) in [6.07, 6.45) is 5.46. The lowest BCUT2D eigenvalue weighted by Crippen LogP contribution is -2.40. The van der Waals surface area contributed by atoms with Crippen LogP contribution >= 0.6 is 0 Å². The van der Waals surface area contributed by atoms with Gasteiger partial charge in [-0.3, -0.25) is 9.59 Å². The number of carbonyl (C=O) groups is 2. The molecule has 5 rings (SSSR count). The van der Waals surface area contributed by atoms with Crippen LogP contribution in [0.25, 0.3) is 21.8 Å². The van der Waals surface area contributed by atoms with Crippen molar-refractivity contribution in [2.75, 3.05) is 6.54 Å². The molecule has 0 bridgehead atoms. The molecule has 1 fully saturated rings. The van der Waals surface area contributed by atoms with Crippen LogP contribution in [0.5, 0.6) is 0 Å². The number of H-pyrrole nitrogens is 2. The number of fused-ring (bicyclic) bond motifs is 2. The second-order valence-corrected chi connectivity index (χ2v) is 7.42. The van der Waals surface area contributed by atoms with Crippen LogP contribution in [0.3, 0.4) is 0 Å². The summed E-state index contributed by atoms with van der Waals surface area (Å²) >= 11 is 0. The van der Waals surface area contributed by atoms with E-state index in [2.05, 4.69) is 28.2 Å². The average molecular weight is 405 g/mol. The smallest absolute Gasteiger partial charge is 0.222 e. The number of hydrogen-bond acceptors (Lipinski definition) is 2. The first-order valence-corrected chi connectivity index (χ1v) is 10.2. The topological polar surface area (TPSA) is 69.0 Å². The number of rotatable bonds is 3. The number of aromatic amines is 2. The van der Waals surface area contributed by atoms with E-state index in [1.54, 1.807) is 24.1 Å². The van der Waals surface area contributed by atoms with Crippen molar-refractivity contribution < 1.29 is 14.0 Å². The number of aromatic nitrogens is 2. The highest BCUT2D eigenvalue weighted by molar-refractivity contribution is 6.11. The zero-order valence-electron chi connectivity index (χ0n) is 16.8. The summed E-state index contributed by atoms with van der Waals surface area (Å²) in [6, 6.07) is 14.2. The third kappa shape index (κ3) is 3.85. The molecule has 6 heteroatoms. The van der Waals surface area contributed by atoms with Gasteiger partial charge in [-0.15, -0.1) is 0 Å². The normalized spacial score (nSPS) is 15.9. The first-order chi connectivity index (χ1) is 14.6. The van der Waals surface area contributed by atoms with Crippen molar-refractivity contribution >= 4 is 33.5 Å². The standard InChI is InChI=1S/C16H17FN2O2.C8H7N/c1-2-15(20)19-7-3-4-14(19)16(21)12-9-18-13-6-5-10(17)8-11(12)13;1-2-4-8-7(3-1)5-6-9-8/h5-6,8-9,14,18H,2-4,7H2,1H3;1-6,9H/t14-;/m1./s1. The minimum atomic E-state index is -0.417. The van der Waals surface area contributed by atoms with Gasteiger partial charge in [-0.25, -0.2) is 4.39 Å². The summed E-state index contributed by atoms with van der Waals surface area (Å²) in [6.45, 7) is 2.42. The van der Waals surface area contributed by atoms with Gasteiger partial charge in [0.2, 0.25) is 5.91 Å². The van der Waals surface area contributed by atoms with Crippen molar-refractivity contribution in [2.24, 2.45) is 0 Å². The fraction of sp³-hybridized carbons (Fsp3) is 0.250. The maximum atomic E-state index is 13.4. The third-order valence-electron chi connectivity index (χ3n) is 5.55. The molecular formula is C24H24FN3O2. The van der Waals surface area contributed by atoms with Crippen LogP contribution in [-0.2, 0) is 4.79 Å². The molecule has 5 nitrogen and oxygen atoms in total. The van der Waals surface area contributed by atoms with Gasteiger partial charge in [-0.05, 0) is 48.6 Å². The van der Waals surface area contributed by atoms with Crippen LogP contribution in [0.1, 0.15) is 36.5 Å². The minimum Gasteiger partial charge on any atom is -0.361 e. The molecule has 3 heterocycles. The number of hydrogen-bond donors (Lipinski definition) is 2. The Morgan fingerprint density at radius 1 is 1.10 bits per heavy atom. The maximum Gasteiger partial charge on any atom is 0.222 e. The number of nitrogens with zero attached hydrogens (tertiary/aromatic N) is 1. The molecule has 2 N–H and O–H groups in total. The van der Waals surface area contributed by atoms with Crippen molar-refractivity contribution in [1.29, 1.82) is 0 Å². The molecule has 2 aromatic heterocycles. The Hall–Kier alpha value is -3.41. The van der Waals surface area contributed by atoms with E-state index in [4.69, 9.17) is 0 Å². The van der Waals surface area contributed by atoms with Gasteiger partial charge in [0.05, 0.1) is 6.04 Å². The quantitative estimate of drug-likeness (QED) is 0.468. The molecule has 0 radical (unpaired) electrons. The van der Waals surface area contributed by atoms with Gasteiger partial charge in [-0.1, -0.05) is 25.1 Å². The van der Waals surface area contributed by atoms with E-state index in [0.717, 1.165) is 11.9 Å². The number of amides is 1. The SMILES string of the molecule is CCC(=O)N1CCC[C@@H]1C(=O)c1c[nH]c2ccc(F)cc12.c1ccc2[nH]ccc2c1. The fourth-order valence-electron chi connectivity index (χ4n) is 4.01. The number of ketones is 1. The Morgan fingerprint density at radius 3 is 2.73 bits per heavy atom. The van der Waals surface area contributed by atoms with E-state index in [1.165, 1.54) is 23.0 Å². The van der Waals surface area contributed by atoms with Gasteiger partial charge in [0, 0.05) is 47.3 Å². The van der Waals surface area contributed by atoms with Crippen LogP contribution in [0.15, 0.2) is 60.9 Å². The van der Waals surface area contributed by atoms with Crippen LogP contribution in [-0.4, -0.2) is 39.1 Å². The Kier molecular flexibility index (Phi) is 5.65. The second-order valence-electron chi connectivity index (χ2n) is 7.42. The monoisotopic (exact) mass is 405 g/mol. The van der Waals surface area contributed by atoms with Gasteiger partial charge in [0.15, 0.2) is 5.78 Å². The zero-order valence-corrected chi connectivity index (χ0v) is 16.8. The molecule has 154 valence electrons. The Morgan fingerprint density at radius 2 is 1.93 bits per heavy atom. The molecule has 1 aliphatic rings. The molecule has 0 saturated carbocycles. The number of para-hydroxylation sites is 1. The van der Waals surface area contributed by atoms with Crippen molar-refractivity contribution in [3.63, 3.8) is 0 Å². The van der Waals surface area contributed by atoms with Gasteiger partial charge < -0.3 is 14.9 Å². The average Bonchev–Trinajstić information content (AvgIpc) is 3.51. The summed E-state index contributed by atoms with van der Waals surface area (Å²) in [5, 5.41) is 1.85. The van der Waals surface area contributed by atoms with Crippen molar-refractivity contribution in [1.82, 2.24) is 14.9 Å². The minimum absolute atomic E-state index is 0.00290. The number of Topliss-reactive ketones (excluding diaryl/α,β-unsaturated/α-hetero) is 1. The van der Waals surface area contributed by atoms with E-state index in [1.807, 2.05) is 18.3 Å². The van der Waals surface area contributed by atoms with Crippen LogP contribution < -0.4 is 0 Å². The summed E-state index contributed by atoms with van der Waals surface area (Å²) in [7, 11) is 0. The molecule has 1 atom stereocenters. The number of likely N-dealkylation sites (tertiary alicyclic amines) is 1. The molecule has 4 aromatic rings. The molecule has 0 unspecified atom stereocenters. The molecule has 2 aromatic carbocycles. The highest BCUT2D eigenvalue weighted by Gasteiger charge is 2.34. The molecule has 30 heavy (non-hydrogen) atoms. The van der Waals surface area contributed by atoms with Gasteiger partial charge in [0.1, 0.15) is 5.82 Å². The van der Waals surface area contributed by atoms with E-state index >= 15 is 0 Å². The van der Waals surface area contributed by atoms with Crippen molar-refractivity contribution in [2.45, 2.75) is 32.2 Å². The van der Waals surface area contributed by atoms with E-state index in [9.17, 15) is 14.0 Å². The second kappa shape index (κ2) is 8.53. The first-order valence-electron chi connectivity index (χ1n) is 10.2. The highest BCUT2D eigenvalue weighted by Crippen LogP contribution is 2.26. The van der Waals surface area contributed by atoms with Crippen LogP contribution in [0.2, 0.25) is 0 Å². The van der Waals surface area contributed by atoms with Crippen LogP contribution in [0.4, 0.5) is 4.39 Å². The number of nitrogens with one attached hydrogen (secondary N) is 2. The summed E-state index contributed by atoms with van der Waals surface area (Å²) in [5.41, 5.74) is 2.40. The predicted molar refractivity (Wildman–Crippen MR) is 116 cm³/mol. The fourth-order valence-corrected chi connectivity index (χ4v) is 4.01. The number of halogens is 1. The van der Waals surface area contributed by atoms with Gasteiger partial charge in [-0.2, -0.15) is 0 Å². The van der Waals surface area contributed by atoms with E-state index < -0.39 is 6.04 Å². The Labute approximate surface area is 173 Å². The highest BCUT2D eigenvalue weighted by atomic mass is 19.1. The van der Waals surface area contributed by atoms with E-state index in [0.29, 0.717) is 30.3 Å². The lowest BCUT2D eigenvalue weighted by atomic mass is 10.0. The lowest BCUT2D eigenvalue weighted by Gasteiger charge is -2.23. The summed E-state index contributed by atoms with van der Waals surface area (Å²) < 4.78 is 13.4. The van der Waals surface area contributed by atoms with Crippen molar-refractivity contribution in [3.8, 4) is 0 Å². The maximum absolute atomic E-state index is 13.4. The number of carbonyl (C=O) groups excluding carboxylic acids is 2. The van der Waals surface area contributed by atoms with Crippen LogP contribution in [0, 0.1) is 5.82 Å². The van der Waals surface area contributed by atoms with Crippen molar-refractivity contribution in [3.05, 3.63) is 72.3 Å². The largest absolute Gasteiger partial charge is 0.361 e. The van der Waals surface area contributed by atoms with Gasteiger partial charge >= 0.3 is 0 Å². The first kappa shape index (κ1) is 19.9. The molecule has 0 aliphatic carbocycles. The molecule has 1 aliphatic heterocycles. The summed E-state index contributed by atoms with van der Waals surface area (Å²) in [4.78, 5) is 32.4. The predicted octanol–water partition coefficient (Wildman–Crippen LogP) is 5.06. The number of benzene rings is 2. The molecule has 1 saturated heterocycles. The Balaban J connectivity index is 0.000000200. The zero-order chi connectivity index (χ0) is 21.1. The van der Waals surface area contributed by atoms with E-state index in [-0.39, 0.29) is 17.5 Å².